The lowest BCUT2D eigenvalue weighted by Crippen LogP contribution is -2.41. The molecule has 1 atom stereocenters. The van der Waals surface area contributed by atoms with Gasteiger partial charge in [-0.3, -0.25) is 9.69 Å². The second-order valence-corrected chi connectivity index (χ2v) is 5.50. The molecule has 3 N–H and O–H groups in total. The smallest absolute Gasteiger partial charge is 0.221 e. The SMILES string of the molecule is CCNC(=O)CC(CN)N(C)Cc1ccc(Br)cc1. The van der Waals surface area contributed by atoms with Crippen molar-refractivity contribution in [1.29, 1.82) is 0 Å². The van der Waals surface area contributed by atoms with Gasteiger partial charge in [0, 0.05) is 36.6 Å². The van der Waals surface area contributed by atoms with Gasteiger partial charge >= 0.3 is 0 Å². The number of nitrogens with two attached hydrogens (primary N) is 1. The third-order valence-electron chi connectivity index (χ3n) is 3.04. The van der Waals surface area contributed by atoms with E-state index in [1.807, 2.05) is 26.1 Å². The molecule has 5 heteroatoms. The molecule has 1 aromatic carbocycles. The molecule has 0 saturated carbocycles. The highest BCUT2D eigenvalue weighted by Crippen LogP contribution is 2.13. The fourth-order valence-electron chi connectivity index (χ4n) is 1.91. The van der Waals surface area contributed by atoms with E-state index in [1.54, 1.807) is 0 Å². The average molecular weight is 328 g/mol. The van der Waals surface area contributed by atoms with Crippen LogP contribution in [0.2, 0.25) is 0 Å². The van der Waals surface area contributed by atoms with Crippen molar-refractivity contribution in [3.05, 3.63) is 34.3 Å². The molecule has 19 heavy (non-hydrogen) atoms. The maximum absolute atomic E-state index is 11.6. The Morgan fingerprint density at radius 2 is 2.05 bits per heavy atom. The fraction of sp³-hybridized carbons (Fsp3) is 0.500. The summed E-state index contributed by atoms with van der Waals surface area (Å²) in [4.78, 5) is 13.7. The Balaban J connectivity index is 2.55. The molecule has 0 saturated heterocycles. The summed E-state index contributed by atoms with van der Waals surface area (Å²) in [6.07, 6.45) is 0.442. The highest BCUT2D eigenvalue weighted by molar-refractivity contribution is 9.10. The Bertz CT molecular complexity index is 394. The number of halogens is 1. The zero-order valence-electron chi connectivity index (χ0n) is 11.5. The van der Waals surface area contributed by atoms with E-state index in [0.717, 1.165) is 11.0 Å². The first kappa shape index (κ1) is 16.1. The van der Waals surface area contributed by atoms with Gasteiger partial charge in [-0.2, -0.15) is 0 Å². The van der Waals surface area contributed by atoms with Crippen molar-refractivity contribution in [3.8, 4) is 0 Å². The van der Waals surface area contributed by atoms with Crippen LogP contribution in [-0.2, 0) is 11.3 Å². The summed E-state index contributed by atoms with van der Waals surface area (Å²) in [5.41, 5.74) is 6.98. The number of hydrogen-bond donors (Lipinski definition) is 2. The fourth-order valence-corrected chi connectivity index (χ4v) is 2.17. The van der Waals surface area contributed by atoms with Crippen molar-refractivity contribution < 1.29 is 4.79 Å². The van der Waals surface area contributed by atoms with E-state index >= 15 is 0 Å². The van der Waals surface area contributed by atoms with Gasteiger partial charge < -0.3 is 11.1 Å². The van der Waals surface area contributed by atoms with Gasteiger partial charge in [-0.1, -0.05) is 28.1 Å². The number of benzene rings is 1. The van der Waals surface area contributed by atoms with Crippen LogP contribution in [0.25, 0.3) is 0 Å². The molecule has 0 fully saturated rings. The van der Waals surface area contributed by atoms with Crippen LogP contribution in [-0.4, -0.2) is 37.0 Å². The van der Waals surface area contributed by atoms with Crippen molar-refractivity contribution in [1.82, 2.24) is 10.2 Å². The van der Waals surface area contributed by atoms with Crippen LogP contribution in [0, 0.1) is 0 Å². The standard InChI is InChI=1S/C14H22BrN3O/c1-3-17-14(19)8-13(9-16)18(2)10-11-4-6-12(15)7-5-11/h4-7,13H,3,8-10,16H2,1-2H3,(H,17,19). The van der Waals surface area contributed by atoms with E-state index in [0.29, 0.717) is 19.5 Å². The summed E-state index contributed by atoms with van der Waals surface area (Å²) >= 11 is 3.42. The molecule has 1 rings (SSSR count). The second-order valence-electron chi connectivity index (χ2n) is 4.59. The number of hydrogen-bond acceptors (Lipinski definition) is 3. The largest absolute Gasteiger partial charge is 0.356 e. The van der Waals surface area contributed by atoms with Crippen LogP contribution in [0.15, 0.2) is 28.7 Å². The second kappa shape index (κ2) is 8.30. The molecule has 1 amide bonds. The van der Waals surface area contributed by atoms with E-state index in [-0.39, 0.29) is 11.9 Å². The molecule has 0 aliphatic heterocycles. The van der Waals surface area contributed by atoms with Crippen LogP contribution in [0.1, 0.15) is 18.9 Å². The summed E-state index contributed by atoms with van der Waals surface area (Å²) in [6.45, 7) is 3.84. The lowest BCUT2D eigenvalue weighted by molar-refractivity contribution is -0.122. The molecule has 0 spiro atoms. The van der Waals surface area contributed by atoms with Gasteiger partial charge in [-0.15, -0.1) is 0 Å². The van der Waals surface area contributed by atoms with Crippen molar-refractivity contribution in [3.63, 3.8) is 0 Å². The van der Waals surface area contributed by atoms with E-state index in [1.165, 1.54) is 5.56 Å². The van der Waals surface area contributed by atoms with Crippen LogP contribution in [0.5, 0.6) is 0 Å². The number of nitrogens with zero attached hydrogens (tertiary/aromatic N) is 1. The zero-order chi connectivity index (χ0) is 14.3. The summed E-state index contributed by atoms with van der Waals surface area (Å²) in [7, 11) is 2.00. The summed E-state index contributed by atoms with van der Waals surface area (Å²) < 4.78 is 1.07. The van der Waals surface area contributed by atoms with Gasteiger partial charge in [-0.05, 0) is 31.7 Å². The monoisotopic (exact) mass is 327 g/mol. The Labute approximate surface area is 123 Å². The van der Waals surface area contributed by atoms with Crippen LogP contribution in [0.3, 0.4) is 0 Å². The zero-order valence-corrected chi connectivity index (χ0v) is 13.1. The van der Waals surface area contributed by atoms with E-state index in [2.05, 4.69) is 38.3 Å². The molecular formula is C14H22BrN3O. The number of carbonyl (C=O) groups excluding carboxylic acids is 1. The highest BCUT2D eigenvalue weighted by atomic mass is 79.9. The molecule has 0 bridgehead atoms. The molecule has 0 aromatic heterocycles. The first-order valence-electron chi connectivity index (χ1n) is 6.48. The molecule has 1 aromatic rings. The minimum absolute atomic E-state index is 0.0561. The third kappa shape index (κ3) is 5.72. The molecule has 0 heterocycles. The topological polar surface area (TPSA) is 58.4 Å². The number of carbonyl (C=O) groups is 1. The van der Waals surface area contributed by atoms with Gasteiger partial charge in [0.2, 0.25) is 5.91 Å². The Kier molecular flexibility index (Phi) is 7.05. The molecule has 4 nitrogen and oxygen atoms in total. The Morgan fingerprint density at radius 1 is 1.42 bits per heavy atom. The third-order valence-corrected chi connectivity index (χ3v) is 3.56. The van der Waals surface area contributed by atoms with E-state index in [9.17, 15) is 4.79 Å². The maximum atomic E-state index is 11.6. The number of amides is 1. The lowest BCUT2D eigenvalue weighted by Gasteiger charge is -2.26. The average Bonchev–Trinajstić information content (AvgIpc) is 2.39. The normalized spacial score (nSPS) is 12.5. The lowest BCUT2D eigenvalue weighted by atomic mass is 10.1. The Hall–Kier alpha value is -0.910. The van der Waals surface area contributed by atoms with Crippen LogP contribution in [0.4, 0.5) is 0 Å². The first-order valence-corrected chi connectivity index (χ1v) is 7.27. The minimum Gasteiger partial charge on any atom is -0.356 e. The molecule has 0 radical (unpaired) electrons. The van der Waals surface area contributed by atoms with Gasteiger partial charge in [0.25, 0.3) is 0 Å². The van der Waals surface area contributed by atoms with E-state index < -0.39 is 0 Å². The first-order chi connectivity index (χ1) is 9.06. The van der Waals surface area contributed by atoms with Crippen molar-refractivity contribution in [2.75, 3.05) is 20.1 Å². The number of likely N-dealkylation sites (N-methyl/N-ethyl adjacent to an activating group) is 1. The highest BCUT2D eigenvalue weighted by Gasteiger charge is 2.16. The number of rotatable bonds is 7. The molecule has 0 aliphatic carbocycles. The molecule has 1 unspecified atom stereocenters. The van der Waals surface area contributed by atoms with Gasteiger partial charge in [0.1, 0.15) is 0 Å². The number of nitrogens with one attached hydrogen (secondary N) is 1. The summed E-state index contributed by atoms with van der Waals surface area (Å²) in [6, 6.07) is 8.24. The maximum Gasteiger partial charge on any atom is 0.221 e. The van der Waals surface area contributed by atoms with Gasteiger partial charge in [0.15, 0.2) is 0 Å². The van der Waals surface area contributed by atoms with Crippen molar-refractivity contribution in [2.24, 2.45) is 5.73 Å². The van der Waals surface area contributed by atoms with E-state index in [4.69, 9.17) is 5.73 Å². The van der Waals surface area contributed by atoms with Gasteiger partial charge in [0.05, 0.1) is 0 Å². The predicted molar refractivity (Wildman–Crippen MR) is 81.8 cm³/mol. The van der Waals surface area contributed by atoms with Gasteiger partial charge in [-0.25, -0.2) is 0 Å². The minimum atomic E-state index is 0.0561. The Morgan fingerprint density at radius 3 is 2.58 bits per heavy atom. The summed E-state index contributed by atoms with van der Waals surface area (Å²) in [5, 5.41) is 2.81. The summed E-state index contributed by atoms with van der Waals surface area (Å²) in [5.74, 6) is 0.0561. The van der Waals surface area contributed by atoms with Crippen LogP contribution < -0.4 is 11.1 Å². The van der Waals surface area contributed by atoms with Crippen LogP contribution >= 0.6 is 15.9 Å². The molecule has 106 valence electrons. The van der Waals surface area contributed by atoms with Crippen molar-refractivity contribution in [2.45, 2.75) is 25.9 Å². The molecule has 0 aliphatic rings. The quantitative estimate of drug-likeness (QED) is 0.801. The predicted octanol–water partition coefficient (Wildman–Crippen LogP) is 1.73. The molecular weight excluding hydrogens is 306 g/mol. The van der Waals surface area contributed by atoms with Crippen molar-refractivity contribution >= 4 is 21.8 Å².